The van der Waals surface area contributed by atoms with Crippen molar-refractivity contribution in [3.05, 3.63) is 46.8 Å². The number of aromatic nitrogens is 2. The predicted molar refractivity (Wildman–Crippen MR) is 88.7 cm³/mol. The summed E-state index contributed by atoms with van der Waals surface area (Å²) in [6.45, 7) is 3.17. The Morgan fingerprint density at radius 2 is 1.79 bits per heavy atom. The molecule has 0 amide bonds. The number of hydrogen-bond acceptors (Lipinski definition) is 6. The van der Waals surface area contributed by atoms with Crippen LogP contribution in [-0.2, 0) is 12.8 Å². The summed E-state index contributed by atoms with van der Waals surface area (Å²) in [5, 5.41) is 18.2. The highest BCUT2D eigenvalue weighted by Gasteiger charge is 2.22. The molecule has 0 bridgehead atoms. The standard InChI is InChI=1S/C18H17N5O/c1-13-21-17(16(12-20)18(22-13)24-11-8-19)23-9-6-14-4-2-3-5-15(14)7-10-23/h2-5H,6-7,9-11H2,1H3. The zero-order valence-corrected chi connectivity index (χ0v) is 13.5. The number of anilines is 1. The van der Waals surface area contributed by atoms with Gasteiger partial charge < -0.3 is 9.64 Å². The van der Waals surface area contributed by atoms with Crippen molar-refractivity contribution in [1.82, 2.24) is 9.97 Å². The molecule has 0 atom stereocenters. The van der Waals surface area contributed by atoms with Crippen molar-refractivity contribution < 1.29 is 4.74 Å². The highest BCUT2D eigenvalue weighted by atomic mass is 16.5. The van der Waals surface area contributed by atoms with Crippen LogP contribution in [0.25, 0.3) is 0 Å². The van der Waals surface area contributed by atoms with Crippen LogP contribution in [0.1, 0.15) is 22.5 Å². The summed E-state index contributed by atoms with van der Waals surface area (Å²) >= 11 is 0. The van der Waals surface area contributed by atoms with E-state index in [-0.39, 0.29) is 12.5 Å². The Hall–Kier alpha value is -3.12. The van der Waals surface area contributed by atoms with E-state index in [4.69, 9.17) is 10.00 Å². The molecule has 120 valence electrons. The third-order valence-electron chi connectivity index (χ3n) is 4.07. The molecule has 2 heterocycles. The summed E-state index contributed by atoms with van der Waals surface area (Å²) in [4.78, 5) is 10.7. The number of hydrogen-bond donors (Lipinski definition) is 0. The topological polar surface area (TPSA) is 85.8 Å². The molecule has 0 unspecified atom stereocenters. The average molecular weight is 319 g/mol. The third-order valence-corrected chi connectivity index (χ3v) is 4.07. The first-order valence-electron chi connectivity index (χ1n) is 7.83. The van der Waals surface area contributed by atoms with E-state index in [9.17, 15) is 5.26 Å². The summed E-state index contributed by atoms with van der Waals surface area (Å²) in [5.74, 6) is 1.30. The number of benzene rings is 1. The van der Waals surface area contributed by atoms with E-state index < -0.39 is 0 Å². The third kappa shape index (κ3) is 3.13. The molecule has 0 saturated carbocycles. The smallest absolute Gasteiger partial charge is 0.238 e. The molecule has 24 heavy (non-hydrogen) atoms. The van der Waals surface area contributed by atoms with Crippen molar-refractivity contribution in [3.8, 4) is 18.0 Å². The second kappa shape index (κ2) is 6.97. The number of aryl methyl sites for hydroxylation is 1. The van der Waals surface area contributed by atoms with Crippen LogP contribution < -0.4 is 9.64 Å². The Morgan fingerprint density at radius 3 is 2.38 bits per heavy atom. The predicted octanol–water partition coefficient (Wildman–Crippen LogP) is 2.16. The first-order chi connectivity index (χ1) is 11.7. The summed E-state index contributed by atoms with van der Waals surface area (Å²) in [5.41, 5.74) is 2.97. The fourth-order valence-electron chi connectivity index (χ4n) is 2.94. The lowest BCUT2D eigenvalue weighted by Gasteiger charge is -2.23. The minimum Gasteiger partial charge on any atom is -0.461 e. The summed E-state index contributed by atoms with van der Waals surface area (Å²) in [6, 6.07) is 12.4. The van der Waals surface area contributed by atoms with Crippen LogP contribution in [-0.4, -0.2) is 29.7 Å². The Bertz CT molecular complexity index is 807. The Balaban J connectivity index is 1.94. The zero-order valence-electron chi connectivity index (χ0n) is 13.5. The second-order valence-electron chi connectivity index (χ2n) is 5.59. The molecule has 0 aliphatic carbocycles. The number of fused-ring (bicyclic) bond motifs is 1. The van der Waals surface area contributed by atoms with Crippen LogP contribution in [0.2, 0.25) is 0 Å². The molecule has 2 aromatic rings. The lowest BCUT2D eigenvalue weighted by atomic mass is 10.0. The highest BCUT2D eigenvalue weighted by molar-refractivity contribution is 5.59. The van der Waals surface area contributed by atoms with Gasteiger partial charge in [0.05, 0.1) is 0 Å². The van der Waals surface area contributed by atoms with Crippen LogP contribution >= 0.6 is 0 Å². The Labute approximate surface area is 141 Å². The van der Waals surface area contributed by atoms with E-state index in [1.807, 2.05) is 6.07 Å². The van der Waals surface area contributed by atoms with E-state index in [1.54, 1.807) is 6.92 Å². The van der Waals surface area contributed by atoms with Crippen molar-refractivity contribution in [2.75, 3.05) is 24.6 Å². The molecule has 6 nitrogen and oxygen atoms in total. The van der Waals surface area contributed by atoms with Gasteiger partial charge in [0.2, 0.25) is 5.88 Å². The highest BCUT2D eigenvalue weighted by Crippen LogP contribution is 2.27. The Morgan fingerprint density at radius 1 is 1.12 bits per heavy atom. The number of nitrogens with zero attached hydrogens (tertiary/aromatic N) is 5. The molecule has 1 aromatic heterocycles. The maximum absolute atomic E-state index is 9.54. The summed E-state index contributed by atoms with van der Waals surface area (Å²) in [7, 11) is 0. The fourth-order valence-corrected chi connectivity index (χ4v) is 2.94. The van der Waals surface area contributed by atoms with Gasteiger partial charge in [-0.25, -0.2) is 4.98 Å². The minimum atomic E-state index is -0.143. The maximum atomic E-state index is 9.54. The quantitative estimate of drug-likeness (QED) is 0.862. The lowest BCUT2D eigenvalue weighted by molar-refractivity contribution is 0.350. The van der Waals surface area contributed by atoms with Gasteiger partial charge in [0, 0.05) is 13.1 Å². The van der Waals surface area contributed by atoms with Crippen LogP contribution in [0.4, 0.5) is 5.82 Å². The molecular weight excluding hydrogens is 302 g/mol. The largest absolute Gasteiger partial charge is 0.461 e. The van der Waals surface area contributed by atoms with Gasteiger partial charge in [0.25, 0.3) is 0 Å². The van der Waals surface area contributed by atoms with Crippen LogP contribution in [0.5, 0.6) is 5.88 Å². The Kier molecular flexibility index (Phi) is 4.58. The van der Waals surface area contributed by atoms with Crippen molar-refractivity contribution in [2.45, 2.75) is 19.8 Å². The zero-order chi connectivity index (χ0) is 16.9. The molecule has 1 aromatic carbocycles. The van der Waals surface area contributed by atoms with Gasteiger partial charge in [-0.1, -0.05) is 24.3 Å². The fraction of sp³-hybridized carbons (Fsp3) is 0.333. The SMILES string of the molecule is Cc1nc(OCC#N)c(C#N)c(N2CCc3ccccc3CC2)n1. The van der Waals surface area contributed by atoms with E-state index in [0.29, 0.717) is 17.2 Å². The monoisotopic (exact) mass is 319 g/mol. The minimum absolute atomic E-state index is 0.143. The van der Waals surface area contributed by atoms with Crippen molar-refractivity contribution in [2.24, 2.45) is 0 Å². The molecule has 1 aliphatic rings. The van der Waals surface area contributed by atoms with Gasteiger partial charge in [0.1, 0.15) is 18.0 Å². The van der Waals surface area contributed by atoms with Gasteiger partial charge >= 0.3 is 0 Å². The lowest BCUT2D eigenvalue weighted by Crippen LogP contribution is -2.28. The maximum Gasteiger partial charge on any atom is 0.238 e. The molecular formula is C18H17N5O. The molecule has 0 N–H and O–H groups in total. The van der Waals surface area contributed by atoms with E-state index in [2.05, 4.69) is 45.2 Å². The van der Waals surface area contributed by atoms with Crippen LogP contribution in [0, 0.1) is 29.6 Å². The molecule has 3 rings (SSSR count). The van der Waals surface area contributed by atoms with Gasteiger partial charge in [-0.05, 0) is 30.9 Å². The molecule has 6 heteroatoms. The second-order valence-corrected chi connectivity index (χ2v) is 5.59. The number of nitriles is 2. The van der Waals surface area contributed by atoms with Crippen LogP contribution in [0.15, 0.2) is 24.3 Å². The van der Waals surface area contributed by atoms with Crippen molar-refractivity contribution in [3.63, 3.8) is 0 Å². The first kappa shape index (κ1) is 15.8. The average Bonchev–Trinajstić information content (AvgIpc) is 2.82. The molecule has 0 saturated heterocycles. The van der Waals surface area contributed by atoms with Gasteiger partial charge in [0.15, 0.2) is 18.0 Å². The summed E-state index contributed by atoms with van der Waals surface area (Å²) < 4.78 is 5.32. The van der Waals surface area contributed by atoms with Crippen molar-refractivity contribution in [1.29, 1.82) is 10.5 Å². The van der Waals surface area contributed by atoms with Crippen LogP contribution in [0.3, 0.4) is 0 Å². The molecule has 0 spiro atoms. The molecule has 0 fully saturated rings. The van der Waals surface area contributed by atoms with Crippen molar-refractivity contribution >= 4 is 5.82 Å². The number of rotatable bonds is 3. The van der Waals surface area contributed by atoms with Gasteiger partial charge in [-0.2, -0.15) is 15.5 Å². The normalized spacial score (nSPS) is 13.4. The summed E-state index contributed by atoms with van der Waals surface area (Å²) in [6.07, 6.45) is 1.80. The number of ether oxygens (including phenoxy) is 1. The van der Waals surface area contributed by atoms with E-state index in [1.165, 1.54) is 11.1 Å². The van der Waals surface area contributed by atoms with Gasteiger partial charge in [-0.3, -0.25) is 0 Å². The van der Waals surface area contributed by atoms with E-state index >= 15 is 0 Å². The molecule has 0 radical (unpaired) electrons. The van der Waals surface area contributed by atoms with E-state index in [0.717, 1.165) is 25.9 Å². The van der Waals surface area contributed by atoms with Gasteiger partial charge in [-0.15, -0.1) is 0 Å². The molecule has 1 aliphatic heterocycles. The first-order valence-corrected chi connectivity index (χ1v) is 7.83.